The summed E-state index contributed by atoms with van der Waals surface area (Å²) >= 11 is 5.82. The fourth-order valence-electron chi connectivity index (χ4n) is 3.51. The highest BCUT2D eigenvalue weighted by molar-refractivity contribution is 7.28. The van der Waals surface area contributed by atoms with E-state index in [-0.39, 0.29) is 0 Å². The lowest BCUT2D eigenvalue weighted by atomic mass is 10.1. The van der Waals surface area contributed by atoms with Gasteiger partial charge >= 0.3 is 0 Å². The number of unbranched alkanes of at least 4 members (excludes halogenated alkanes) is 1. The van der Waals surface area contributed by atoms with E-state index in [0.29, 0.717) is 0 Å². The molecule has 0 saturated heterocycles. The first-order valence-electron chi connectivity index (χ1n) is 8.50. The van der Waals surface area contributed by atoms with Crippen molar-refractivity contribution in [1.82, 2.24) is 0 Å². The van der Waals surface area contributed by atoms with Crippen LogP contribution in [-0.4, -0.2) is 7.85 Å². The number of thiophene rings is 3. The molecule has 3 aromatic heterocycles. The second-order valence-corrected chi connectivity index (χ2v) is 10.1. The molecule has 0 N–H and O–H groups in total. The van der Waals surface area contributed by atoms with Crippen molar-refractivity contribution in [3.63, 3.8) is 0 Å². The third kappa shape index (κ3) is 2.32. The molecule has 0 aliphatic carbocycles. The van der Waals surface area contributed by atoms with Gasteiger partial charge in [0.2, 0.25) is 0 Å². The molecule has 2 aromatic carbocycles. The molecule has 0 aliphatic rings. The minimum atomic E-state index is 1.22. The summed E-state index contributed by atoms with van der Waals surface area (Å²) in [6.07, 6.45) is 3.78. The Balaban J connectivity index is 1.75. The van der Waals surface area contributed by atoms with Gasteiger partial charge in [0.25, 0.3) is 0 Å². The number of hydrogen-bond acceptors (Lipinski definition) is 3. The van der Waals surface area contributed by atoms with Crippen LogP contribution in [0.2, 0.25) is 0 Å². The third-order valence-electron chi connectivity index (χ3n) is 4.70. The minimum Gasteiger partial charge on any atom is -0.151 e. The molecule has 0 radical (unpaired) electrons. The summed E-state index contributed by atoms with van der Waals surface area (Å²) in [6, 6.07) is 14.3. The van der Waals surface area contributed by atoms with Crippen LogP contribution in [0.1, 0.15) is 24.6 Å². The lowest BCUT2D eigenvalue weighted by Crippen LogP contribution is -1.88. The maximum Gasteiger partial charge on any atom is 0.152 e. The van der Waals surface area contributed by atoms with Gasteiger partial charge in [-0.1, -0.05) is 19.4 Å². The van der Waals surface area contributed by atoms with E-state index in [4.69, 9.17) is 0 Å². The molecule has 5 rings (SSSR count). The highest BCUT2D eigenvalue weighted by Crippen LogP contribution is 2.40. The summed E-state index contributed by atoms with van der Waals surface area (Å²) in [5.41, 5.74) is 0. The standard InChI is InChI=1S/C20H17BS3/c1-2-3-4-13-5-11-6-14-15-7-12-8-20(21)24-17(12)10-19(15)23-18(14)9-16(11)22-13/h5-10H,2-4,21H2,1H3. The van der Waals surface area contributed by atoms with Gasteiger partial charge in [-0.3, -0.25) is 0 Å². The van der Waals surface area contributed by atoms with Crippen LogP contribution in [-0.2, 0) is 6.42 Å². The molecule has 5 aromatic rings. The molecule has 0 unspecified atom stereocenters. The van der Waals surface area contributed by atoms with Crippen molar-refractivity contribution in [1.29, 1.82) is 0 Å². The van der Waals surface area contributed by atoms with Gasteiger partial charge in [0.05, 0.1) is 0 Å². The monoisotopic (exact) mass is 364 g/mol. The molecule has 0 aliphatic heterocycles. The predicted molar refractivity (Wildman–Crippen MR) is 117 cm³/mol. The molecular formula is C20H17BS3. The molecule has 0 saturated carbocycles. The molecule has 3 heterocycles. The molecule has 0 spiro atoms. The van der Waals surface area contributed by atoms with Crippen molar-refractivity contribution in [2.75, 3.05) is 0 Å². The fourth-order valence-corrected chi connectivity index (χ4v) is 6.88. The van der Waals surface area contributed by atoms with E-state index in [0.717, 1.165) is 0 Å². The molecule has 24 heavy (non-hydrogen) atoms. The molecule has 4 heteroatoms. The molecule has 0 bridgehead atoms. The highest BCUT2D eigenvalue weighted by atomic mass is 32.1. The normalized spacial score (nSPS) is 12.2. The van der Waals surface area contributed by atoms with Gasteiger partial charge in [-0.15, -0.1) is 22.7 Å². The smallest absolute Gasteiger partial charge is 0.151 e. The average Bonchev–Trinajstić information content (AvgIpc) is 3.21. The number of hydrogen-bond donors (Lipinski definition) is 0. The second kappa shape index (κ2) is 5.58. The van der Waals surface area contributed by atoms with Crippen molar-refractivity contribution in [2.45, 2.75) is 26.2 Å². The summed E-state index contributed by atoms with van der Waals surface area (Å²) in [6.45, 7) is 2.27. The average molecular weight is 364 g/mol. The first kappa shape index (κ1) is 14.9. The summed E-state index contributed by atoms with van der Waals surface area (Å²) in [4.78, 5) is 1.53. The van der Waals surface area contributed by atoms with Crippen molar-refractivity contribution in [2.24, 2.45) is 0 Å². The summed E-state index contributed by atoms with van der Waals surface area (Å²) in [5.74, 6) is 0. The van der Waals surface area contributed by atoms with E-state index in [1.807, 2.05) is 34.0 Å². The van der Waals surface area contributed by atoms with Crippen molar-refractivity contribution in [3.8, 4) is 0 Å². The van der Waals surface area contributed by atoms with Crippen LogP contribution >= 0.6 is 34.0 Å². The minimum absolute atomic E-state index is 1.22. The van der Waals surface area contributed by atoms with Gasteiger partial charge in [0.1, 0.15) is 0 Å². The Morgan fingerprint density at radius 3 is 2.12 bits per heavy atom. The SMILES string of the molecule is Bc1cc2cc3c(cc2s1)sc1cc2sc(CCCC)cc2cc13. The van der Waals surface area contributed by atoms with Crippen LogP contribution < -0.4 is 4.78 Å². The number of benzene rings is 2. The summed E-state index contributed by atoms with van der Waals surface area (Å²) in [5, 5.41) is 5.65. The maximum atomic E-state index is 2.42. The molecular weight excluding hydrogens is 347 g/mol. The van der Waals surface area contributed by atoms with Gasteiger partial charge in [-0.25, -0.2) is 0 Å². The zero-order chi connectivity index (χ0) is 16.3. The Hall–Kier alpha value is -1.36. The topological polar surface area (TPSA) is 0 Å². The van der Waals surface area contributed by atoms with E-state index in [2.05, 4.69) is 51.2 Å². The van der Waals surface area contributed by atoms with Crippen molar-refractivity contribution >= 4 is 87.0 Å². The number of rotatable bonds is 3. The van der Waals surface area contributed by atoms with Crippen LogP contribution in [0.25, 0.3) is 40.3 Å². The first-order chi connectivity index (χ1) is 11.7. The van der Waals surface area contributed by atoms with E-state index in [9.17, 15) is 0 Å². The van der Waals surface area contributed by atoms with Gasteiger partial charge in [0, 0.05) is 34.4 Å². The molecule has 0 amide bonds. The number of aryl methyl sites for hydroxylation is 1. The lowest BCUT2D eigenvalue weighted by Gasteiger charge is -1.94. The Morgan fingerprint density at radius 1 is 0.750 bits per heavy atom. The van der Waals surface area contributed by atoms with Gasteiger partial charge in [0.15, 0.2) is 7.85 Å². The summed E-state index contributed by atoms with van der Waals surface area (Å²) in [7, 11) is 2.20. The first-order valence-corrected chi connectivity index (χ1v) is 10.9. The van der Waals surface area contributed by atoms with Crippen LogP contribution in [0.15, 0.2) is 36.4 Å². The summed E-state index contributed by atoms with van der Waals surface area (Å²) < 4.78 is 7.10. The Labute approximate surface area is 154 Å². The molecule has 118 valence electrons. The quantitative estimate of drug-likeness (QED) is 0.340. The predicted octanol–water partition coefficient (Wildman–Crippen LogP) is 6.08. The van der Waals surface area contributed by atoms with E-state index < -0.39 is 0 Å². The van der Waals surface area contributed by atoms with Crippen LogP contribution in [0.4, 0.5) is 0 Å². The largest absolute Gasteiger partial charge is 0.152 e. The van der Waals surface area contributed by atoms with Gasteiger partial charge < -0.3 is 0 Å². The molecule has 0 fully saturated rings. The zero-order valence-corrected chi connectivity index (χ0v) is 16.3. The highest BCUT2D eigenvalue weighted by Gasteiger charge is 2.11. The van der Waals surface area contributed by atoms with E-state index in [1.165, 1.54) is 69.3 Å². The lowest BCUT2D eigenvalue weighted by molar-refractivity contribution is 0.804. The van der Waals surface area contributed by atoms with Gasteiger partial charge in [-0.05, 0) is 58.7 Å². The fraction of sp³-hybridized carbons (Fsp3) is 0.200. The van der Waals surface area contributed by atoms with Crippen LogP contribution in [0.5, 0.6) is 0 Å². The Morgan fingerprint density at radius 2 is 1.42 bits per heavy atom. The van der Waals surface area contributed by atoms with Gasteiger partial charge in [-0.2, -0.15) is 11.3 Å². The zero-order valence-electron chi connectivity index (χ0n) is 13.8. The van der Waals surface area contributed by atoms with Crippen LogP contribution in [0, 0.1) is 0 Å². The van der Waals surface area contributed by atoms with Crippen LogP contribution in [0.3, 0.4) is 0 Å². The van der Waals surface area contributed by atoms with Crippen molar-refractivity contribution in [3.05, 3.63) is 41.3 Å². The third-order valence-corrected chi connectivity index (χ3v) is 7.98. The van der Waals surface area contributed by atoms with E-state index in [1.54, 1.807) is 0 Å². The molecule has 0 nitrogen and oxygen atoms in total. The maximum absolute atomic E-state index is 2.42. The van der Waals surface area contributed by atoms with Crippen molar-refractivity contribution < 1.29 is 0 Å². The second-order valence-electron chi connectivity index (χ2n) is 6.55. The number of fused-ring (bicyclic) bond motifs is 5. The Kier molecular flexibility index (Phi) is 3.48. The van der Waals surface area contributed by atoms with E-state index >= 15 is 0 Å². The Bertz CT molecular complexity index is 1210. The molecule has 0 atom stereocenters.